The highest BCUT2D eigenvalue weighted by molar-refractivity contribution is 8.06. The van der Waals surface area contributed by atoms with E-state index in [0.29, 0.717) is 25.9 Å². The molecule has 1 rings (SSSR count). The van der Waals surface area contributed by atoms with E-state index in [1.165, 1.54) is 0 Å². The molecule has 0 amide bonds. The molecule has 0 radical (unpaired) electrons. The SMILES string of the molecule is CN1CCC(NS(=O)(=O)CS(C)(=O)=O)(C(N)=S)CC1. The minimum atomic E-state index is -3.98. The van der Waals surface area contributed by atoms with Gasteiger partial charge in [0.2, 0.25) is 10.0 Å². The molecule has 10 heteroatoms. The van der Waals surface area contributed by atoms with Crippen molar-refractivity contribution in [3.8, 4) is 0 Å². The Morgan fingerprint density at radius 2 is 1.79 bits per heavy atom. The number of rotatable bonds is 5. The van der Waals surface area contributed by atoms with Gasteiger partial charge >= 0.3 is 0 Å². The molecule has 1 aliphatic heterocycles. The number of sulfone groups is 1. The number of nitrogens with one attached hydrogen (secondary N) is 1. The molecule has 0 unspecified atom stereocenters. The Balaban J connectivity index is 2.95. The van der Waals surface area contributed by atoms with E-state index >= 15 is 0 Å². The van der Waals surface area contributed by atoms with Crippen LogP contribution in [0.3, 0.4) is 0 Å². The largest absolute Gasteiger partial charge is 0.392 e. The highest BCUT2D eigenvalue weighted by Crippen LogP contribution is 2.23. The average Bonchev–Trinajstić information content (AvgIpc) is 2.17. The smallest absolute Gasteiger partial charge is 0.226 e. The minimum Gasteiger partial charge on any atom is -0.392 e. The maximum Gasteiger partial charge on any atom is 0.226 e. The van der Waals surface area contributed by atoms with Gasteiger partial charge in [0.25, 0.3) is 0 Å². The Hall–Kier alpha value is -0.290. The van der Waals surface area contributed by atoms with Crippen LogP contribution in [0.5, 0.6) is 0 Å². The average molecular weight is 329 g/mol. The molecule has 0 aromatic heterocycles. The highest BCUT2D eigenvalue weighted by atomic mass is 32.3. The molecule has 7 nitrogen and oxygen atoms in total. The maximum atomic E-state index is 11.9. The Bertz CT molecular complexity index is 547. The first kappa shape index (κ1) is 16.8. The van der Waals surface area contributed by atoms with Gasteiger partial charge in [0.1, 0.15) is 0 Å². The topological polar surface area (TPSA) is 110 Å². The van der Waals surface area contributed by atoms with Crippen molar-refractivity contribution in [1.29, 1.82) is 0 Å². The van der Waals surface area contributed by atoms with E-state index < -0.39 is 30.5 Å². The molecule has 0 aliphatic carbocycles. The fourth-order valence-electron chi connectivity index (χ4n) is 2.01. The molecule has 0 spiro atoms. The van der Waals surface area contributed by atoms with Crippen LogP contribution in [0.2, 0.25) is 0 Å². The van der Waals surface area contributed by atoms with Crippen LogP contribution < -0.4 is 10.5 Å². The van der Waals surface area contributed by atoms with Crippen molar-refractivity contribution in [2.24, 2.45) is 5.73 Å². The molecule has 0 aromatic carbocycles. The first-order valence-corrected chi connectivity index (χ1v) is 9.76. The summed E-state index contributed by atoms with van der Waals surface area (Å²) < 4.78 is 48.4. The molecular weight excluding hydrogens is 310 g/mol. The third kappa shape index (κ3) is 4.95. The summed E-state index contributed by atoms with van der Waals surface area (Å²) in [6, 6.07) is 0. The molecule has 1 saturated heterocycles. The fraction of sp³-hybridized carbons (Fsp3) is 0.889. The number of nitrogens with zero attached hydrogens (tertiary/aromatic N) is 1. The number of likely N-dealkylation sites (tertiary alicyclic amines) is 1. The van der Waals surface area contributed by atoms with Crippen LogP contribution in [0, 0.1) is 0 Å². The summed E-state index contributed by atoms with van der Waals surface area (Å²) in [5.41, 5.74) is 4.63. The zero-order chi connectivity index (χ0) is 14.9. The van der Waals surface area contributed by atoms with Crippen LogP contribution in [0.4, 0.5) is 0 Å². The number of hydrogen-bond donors (Lipinski definition) is 2. The number of thiocarbonyl (C=S) groups is 1. The summed E-state index contributed by atoms with van der Waals surface area (Å²) in [6.45, 7) is 1.28. The lowest BCUT2D eigenvalue weighted by atomic mass is 9.89. The van der Waals surface area contributed by atoms with Crippen molar-refractivity contribution in [2.45, 2.75) is 18.4 Å². The first-order chi connectivity index (χ1) is 8.46. The standard InChI is InChI=1S/C9H19N3O4S3/c1-12-5-3-9(4-6-12,8(10)17)11-19(15,16)7-18(2,13)14/h11H,3-7H2,1-2H3,(H2,10,17). The van der Waals surface area contributed by atoms with Crippen LogP contribution >= 0.6 is 12.2 Å². The molecule has 1 heterocycles. The van der Waals surface area contributed by atoms with Gasteiger partial charge in [-0.25, -0.2) is 21.6 Å². The van der Waals surface area contributed by atoms with E-state index in [1.807, 2.05) is 11.9 Å². The predicted molar refractivity (Wildman–Crippen MR) is 78.0 cm³/mol. The van der Waals surface area contributed by atoms with Gasteiger partial charge in [0, 0.05) is 19.3 Å². The van der Waals surface area contributed by atoms with Crippen molar-refractivity contribution in [2.75, 3.05) is 31.5 Å². The third-order valence-electron chi connectivity index (χ3n) is 3.03. The number of nitrogens with two attached hydrogens (primary N) is 1. The van der Waals surface area contributed by atoms with E-state index in [9.17, 15) is 16.8 Å². The van der Waals surface area contributed by atoms with E-state index in [-0.39, 0.29) is 4.99 Å². The Kier molecular flexibility index (Phi) is 4.94. The molecule has 0 bridgehead atoms. The van der Waals surface area contributed by atoms with Crippen molar-refractivity contribution in [3.63, 3.8) is 0 Å². The Morgan fingerprint density at radius 3 is 2.16 bits per heavy atom. The number of hydrogen-bond acceptors (Lipinski definition) is 6. The second-order valence-corrected chi connectivity index (χ2v) is 9.68. The summed E-state index contributed by atoms with van der Waals surface area (Å²) in [4.78, 5) is 2.08. The second-order valence-electron chi connectivity index (χ2n) is 5.01. The fourth-order valence-corrected chi connectivity index (χ4v) is 5.73. The molecule has 1 fully saturated rings. The maximum absolute atomic E-state index is 11.9. The Labute approximate surface area is 119 Å². The van der Waals surface area contributed by atoms with Crippen LogP contribution in [0.1, 0.15) is 12.8 Å². The van der Waals surface area contributed by atoms with Gasteiger partial charge in [0.05, 0.1) is 10.5 Å². The lowest BCUT2D eigenvalue weighted by molar-refractivity contribution is 0.221. The highest BCUT2D eigenvalue weighted by Gasteiger charge is 2.40. The zero-order valence-electron chi connectivity index (χ0n) is 10.9. The normalized spacial score (nSPS) is 21.2. The molecule has 112 valence electrons. The lowest BCUT2D eigenvalue weighted by Crippen LogP contribution is -2.61. The van der Waals surface area contributed by atoms with Crippen LogP contribution in [0.15, 0.2) is 0 Å². The summed E-state index contributed by atoms with van der Waals surface area (Å²) in [5, 5.41) is -0.958. The van der Waals surface area contributed by atoms with Gasteiger partial charge < -0.3 is 10.6 Å². The van der Waals surface area contributed by atoms with Gasteiger partial charge in [-0.1, -0.05) is 12.2 Å². The van der Waals surface area contributed by atoms with Crippen molar-refractivity contribution in [3.05, 3.63) is 0 Å². The monoisotopic (exact) mass is 329 g/mol. The lowest BCUT2D eigenvalue weighted by Gasteiger charge is -2.40. The van der Waals surface area contributed by atoms with Gasteiger partial charge in [-0.2, -0.15) is 0 Å². The number of sulfonamides is 1. The molecular formula is C9H19N3O4S3. The third-order valence-corrected chi connectivity index (χ3v) is 7.08. The molecule has 0 atom stereocenters. The summed E-state index contributed by atoms with van der Waals surface area (Å²) >= 11 is 4.96. The van der Waals surface area contributed by atoms with Gasteiger partial charge in [0.15, 0.2) is 14.9 Å². The summed E-state index contributed by atoms with van der Waals surface area (Å²) in [5.74, 6) is 0. The minimum absolute atomic E-state index is 0.0534. The molecule has 0 aromatic rings. The second kappa shape index (κ2) is 5.60. The van der Waals surface area contributed by atoms with Crippen molar-refractivity contribution >= 4 is 37.1 Å². The van der Waals surface area contributed by atoms with Crippen molar-refractivity contribution < 1.29 is 16.8 Å². The molecule has 1 aliphatic rings. The molecule has 3 N–H and O–H groups in total. The quantitative estimate of drug-likeness (QED) is 0.601. The summed E-state index contributed by atoms with van der Waals surface area (Å²) in [6.07, 6.45) is 1.73. The van der Waals surface area contributed by atoms with Crippen LogP contribution in [-0.2, 0) is 19.9 Å². The molecule has 0 saturated carbocycles. The summed E-state index contributed by atoms with van der Waals surface area (Å²) in [7, 11) is -5.71. The first-order valence-electron chi connectivity index (χ1n) is 5.64. The van der Waals surface area contributed by atoms with Gasteiger partial charge in [-0.15, -0.1) is 0 Å². The van der Waals surface area contributed by atoms with Gasteiger partial charge in [-0.05, 0) is 19.9 Å². The Morgan fingerprint density at radius 1 is 1.32 bits per heavy atom. The van der Waals surface area contributed by atoms with E-state index in [2.05, 4.69) is 4.72 Å². The molecule has 19 heavy (non-hydrogen) atoms. The van der Waals surface area contributed by atoms with E-state index in [4.69, 9.17) is 18.0 Å². The zero-order valence-corrected chi connectivity index (χ0v) is 13.4. The van der Waals surface area contributed by atoms with Gasteiger partial charge in [-0.3, -0.25) is 0 Å². The van der Waals surface area contributed by atoms with Crippen LogP contribution in [-0.4, -0.2) is 63.7 Å². The van der Waals surface area contributed by atoms with Crippen molar-refractivity contribution in [1.82, 2.24) is 9.62 Å². The van der Waals surface area contributed by atoms with E-state index in [0.717, 1.165) is 6.26 Å². The van der Waals surface area contributed by atoms with Crippen LogP contribution in [0.25, 0.3) is 0 Å². The predicted octanol–water partition coefficient (Wildman–Crippen LogP) is -1.34. The van der Waals surface area contributed by atoms with E-state index in [1.54, 1.807) is 0 Å². The number of piperidine rings is 1.